The molecule has 3 atom stereocenters. The lowest BCUT2D eigenvalue weighted by Crippen LogP contribution is -2.43. The van der Waals surface area contributed by atoms with Crippen molar-refractivity contribution in [3.63, 3.8) is 0 Å². The number of hydrogen-bond donors (Lipinski definition) is 1. The van der Waals surface area contributed by atoms with E-state index in [0.29, 0.717) is 6.29 Å². The van der Waals surface area contributed by atoms with Gasteiger partial charge in [0.2, 0.25) is 0 Å². The number of hydrogen-bond acceptors (Lipinski definition) is 4. The normalized spacial score (nSPS) is 41.2. The Hall–Kier alpha value is -0.450. The highest BCUT2D eigenvalue weighted by molar-refractivity contribution is 5.57. The molecule has 0 aromatic heterocycles. The molecule has 4 nitrogen and oxygen atoms in total. The molecule has 0 aromatic carbocycles. The van der Waals surface area contributed by atoms with Crippen LogP contribution in [0.25, 0.3) is 0 Å². The van der Waals surface area contributed by atoms with Crippen LogP contribution in [0.2, 0.25) is 0 Å². The molecule has 0 bridgehead atoms. The summed E-state index contributed by atoms with van der Waals surface area (Å²) in [6.45, 7) is 1.85. The van der Waals surface area contributed by atoms with Gasteiger partial charge in [-0.25, -0.2) is 0 Å². The summed E-state index contributed by atoms with van der Waals surface area (Å²) in [4.78, 5) is 10.2. The van der Waals surface area contributed by atoms with E-state index in [4.69, 9.17) is 14.6 Å². The topological polar surface area (TPSA) is 55.8 Å². The molecule has 1 fully saturated rings. The van der Waals surface area contributed by atoms with Gasteiger partial charge >= 0.3 is 0 Å². The van der Waals surface area contributed by atoms with E-state index in [1.807, 2.05) is 0 Å². The molecular formula is C6H10O4. The first-order chi connectivity index (χ1) is 4.74. The first-order valence-electron chi connectivity index (χ1n) is 3.14. The van der Waals surface area contributed by atoms with E-state index in [1.165, 1.54) is 0 Å². The highest BCUT2D eigenvalue weighted by Crippen LogP contribution is 2.10. The van der Waals surface area contributed by atoms with Gasteiger partial charge in [-0.1, -0.05) is 0 Å². The molecule has 10 heavy (non-hydrogen) atoms. The van der Waals surface area contributed by atoms with Crippen molar-refractivity contribution in [2.75, 3.05) is 6.61 Å². The minimum atomic E-state index is -0.811. The Morgan fingerprint density at radius 2 is 2.40 bits per heavy atom. The number of rotatable bonds is 1. The molecule has 0 spiro atoms. The molecule has 0 radical (unpaired) electrons. The van der Waals surface area contributed by atoms with Crippen LogP contribution in [0.4, 0.5) is 0 Å². The molecule has 0 amide bonds. The van der Waals surface area contributed by atoms with Crippen LogP contribution in [-0.2, 0) is 14.3 Å². The van der Waals surface area contributed by atoms with E-state index in [0.717, 1.165) is 0 Å². The molecule has 0 unspecified atom stereocenters. The molecule has 4 heteroatoms. The molecule has 1 aliphatic rings. The third-order valence-corrected chi connectivity index (χ3v) is 1.36. The van der Waals surface area contributed by atoms with Gasteiger partial charge in [0.15, 0.2) is 12.6 Å². The molecule has 0 aromatic rings. The molecule has 0 aliphatic carbocycles. The Labute approximate surface area is 58.7 Å². The Bertz CT molecular complexity index is 125. The van der Waals surface area contributed by atoms with E-state index < -0.39 is 18.5 Å². The van der Waals surface area contributed by atoms with E-state index in [1.54, 1.807) is 6.92 Å². The van der Waals surface area contributed by atoms with Crippen molar-refractivity contribution < 1.29 is 19.4 Å². The average molecular weight is 146 g/mol. The lowest BCUT2D eigenvalue weighted by Gasteiger charge is -2.28. The van der Waals surface area contributed by atoms with Gasteiger partial charge in [-0.3, -0.25) is 0 Å². The SMILES string of the molecule is C[C@H]1OC[C@@H](O)[C@@H](C=O)O1. The summed E-state index contributed by atoms with van der Waals surface area (Å²) in [6, 6.07) is 0. The van der Waals surface area contributed by atoms with Gasteiger partial charge in [0.1, 0.15) is 12.2 Å². The molecule has 1 rings (SSSR count). The third-order valence-electron chi connectivity index (χ3n) is 1.36. The molecule has 1 saturated heterocycles. The summed E-state index contributed by atoms with van der Waals surface area (Å²) < 4.78 is 9.80. The van der Waals surface area contributed by atoms with E-state index in [2.05, 4.69) is 0 Å². The fraction of sp³-hybridized carbons (Fsp3) is 0.833. The smallest absolute Gasteiger partial charge is 0.156 e. The summed E-state index contributed by atoms with van der Waals surface area (Å²) in [6.07, 6.45) is -1.33. The zero-order valence-corrected chi connectivity index (χ0v) is 5.69. The maximum Gasteiger partial charge on any atom is 0.156 e. The maximum atomic E-state index is 10.2. The maximum absolute atomic E-state index is 10.2. The molecule has 1 heterocycles. The van der Waals surface area contributed by atoms with Gasteiger partial charge in [0.05, 0.1) is 6.61 Å². The summed E-state index contributed by atoms with van der Waals surface area (Å²) in [7, 11) is 0. The van der Waals surface area contributed by atoms with Crippen molar-refractivity contribution in [1.29, 1.82) is 0 Å². The van der Waals surface area contributed by atoms with Crippen molar-refractivity contribution in [3.8, 4) is 0 Å². The third kappa shape index (κ3) is 1.53. The molecular weight excluding hydrogens is 136 g/mol. The Morgan fingerprint density at radius 3 is 2.90 bits per heavy atom. The number of carbonyl (C=O) groups is 1. The van der Waals surface area contributed by atoms with Gasteiger partial charge < -0.3 is 19.4 Å². The van der Waals surface area contributed by atoms with Crippen molar-refractivity contribution in [3.05, 3.63) is 0 Å². The molecule has 1 N–H and O–H groups in total. The second-order valence-electron chi connectivity index (χ2n) is 2.21. The first-order valence-corrected chi connectivity index (χ1v) is 3.14. The standard InChI is InChI=1S/C6H10O4/c1-4-9-3-5(8)6(2-7)10-4/h2,4-6,8H,3H2,1H3/t4-,5+,6+/m0/s1. The van der Waals surface area contributed by atoms with Crippen LogP contribution in [0.5, 0.6) is 0 Å². The summed E-state index contributed by atoms with van der Waals surface area (Å²) in [5, 5.41) is 9.01. The second-order valence-corrected chi connectivity index (χ2v) is 2.21. The monoisotopic (exact) mass is 146 g/mol. The Morgan fingerprint density at radius 1 is 1.70 bits per heavy atom. The van der Waals surface area contributed by atoms with Gasteiger partial charge in [-0.05, 0) is 6.92 Å². The van der Waals surface area contributed by atoms with Crippen molar-refractivity contribution in [1.82, 2.24) is 0 Å². The van der Waals surface area contributed by atoms with Gasteiger partial charge in [-0.2, -0.15) is 0 Å². The summed E-state index contributed by atoms with van der Waals surface area (Å²) in [5.74, 6) is 0. The summed E-state index contributed by atoms with van der Waals surface area (Å²) in [5.41, 5.74) is 0. The van der Waals surface area contributed by atoms with Crippen LogP contribution < -0.4 is 0 Å². The predicted molar refractivity (Wildman–Crippen MR) is 32.4 cm³/mol. The van der Waals surface area contributed by atoms with Crippen molar-refractivity contribution in [2.24, 2.45) is 0 Å². The fourth-order valence-corrected chi connectivity index (χ4v) is 0.803. The summed E-state index contributed by atoms with van der Waals surface area (Å²) >= 11 is 0. The average Bonchev–Trinajstić information content (AvgIpc) is 1.94. The minimum absolute atomic E-state index is 0.171. The quantitative estimate of drug-likeness (QED) is 0.497. The van der Waals surface area contributed by atoms with E-state index in [9.17, 15) is 4.79 Å². The van der Waals surface area contributed by atoms with Gasteiger partial charge in [-0.15, -0.1) is 0 Å². The van der Waals surface area contributed by atoms with Crippen LogP contribution >= 0.6 is 0 Å². The highest BCUT2D eigenvalue weighted by Gasteiger charge is 2.27. The Kier molecular flexibility index (Phi) is 2.37. The first kappa shape index (κ1) is 7.65. The van der Waals surface area contributed by atoms with Crippen molar-refractivity contribution in [2.45, 2.75) is 25.4 Å². The number of aldehydes is 1. The number of aliphatic hydroxyl groups is 1. The number of aliphatic hydroxyl groups excluding tert-OH is 1. The molecule has 0 saturated carbocycles. The van der Waals surface area contributed by atoms with Crippen LogP contribution in [0.1, 0.15) is 6.92 Å². The van der Waals surface area contributed by atoms with Crippen molar-refractivity contribution >= 4 is 6.29 Å². The highest BCUT2D eigenvalue weighted by atomic mass is 16.7. The van der Waals surface area contributed by atoms with Gasteiger partial charge in [0, 0.05) is 0 Å². The molecule has 58 valence electrons. The van der Waals surface area contributed by atoms with Crippen LogP contribution in [-0.4, -0.2) is 36.5 Å². The van der Waals surface area contributed by atoms with Crippen LogP contribution in [0.15, 0.2) is 0 Å². The number of ether oxygens (including phenoxy) is 2. The van der Waals surface area contributed by atoms with E-state index >= 15 is 0 Å². The largest absolute Gasteiger partial charge is 0.388 e. The molecule has 1 aliphatic heterocycles. The lowest BCUT2D eigenvalue weighted by molar-refractivity contribution is -0.234. The van der Waals surface area contributed by atoms with Gasteiger partial charge in [0.25, 0.3) is 0 Å². The lowest BCUT2D eigenvalue weighted by atomic mass is 10.2. The van der Waals surface area contributed by atoms with Crippen LogP contribution in [0, 0.1) is 0 Å². The zero-order valence-electron chi connectivity index (χ0n) is 5.69. The number of carbonyl (C=O) groups excluding carboxylic acids is 1. The van der Waals surface area contributed by atoms with E-state index in [-0.39, 0.29) is 6.61 Å². The second kappa shape index (κ2) is 3.09. The zero-order chi connectivity index (χ0) is 7.56. The Balaban J connectivity index is 2.45. The predicted octanol–water partition coefficient (Wildman–Crippen LogP) is -0.692. The fourth-order valence-electron chi connectivity index (χ4n) is 0.803. The van der Waals surface area contributed by atoms with Crippen LogP contribution in [0.3, 0.4) is 0 Å². The minimum Gasteiger partial charge on any atom is -0.388 e.